The second-order valence-electron chi connectivity index (χ2n) is 4.67. The molecule has 2 aromatic rings. The zero-order chi connectivity index (χ0) is 15.4. The maximum atomic E-state index is 6.02. The smallest absolute Gasteiger partial charge is 0.260 e. The van der Waals surface area contributed by atoms with Crippen LogP contribution >= 0.6 is 11.8 Å². The van der Waals surface area contributed by atoms with E-state index in [2.05, 4.69) is 24.0 Å². The number of rotatable bonds is 6. The lowest BCUT2D eigenvalue weighted by atomic mass is 10.1. The van der Waals surface area contributed by atoms with Crippen LogP contribution in [0.1, 0.15) is 19.7 Å². The highest BCUT2D eigenvalue weighted by atomic mass is 32.2. The maximum Gasteiger partial charge on any atom is 0.260 e. The van der Waals surface area contributed by atoms with Gasteiger partial charge in [-0.15, -0.1) is 0 Å². The monoisotopic (exact) mass is 309 g/mol. The van der Waals surface area contributed by atoms with Gasteiger partial charge in [-0.2, -0.15) is 16.7 Å². The van der Waals surface area contributed by atoms with E-state index in [1.54, 1.807) is 38.1 Å². The summed E-state index contributed by atoms with van der Waals surface area (Å²) in [4.78, 5) is 4.37. The average molecular weight is 309 g/mol. The third-order valence-corrected chi connectivity index (χ3v) is 3.89. The van der Waals surface area contributed by atoms with Crippen molar-refractivity contribution in [1.82, 2.24) is 10.1 Å². The molecule has 0 saturated heterocycles. The molecule has 2 N–H and O–H groups in total. The van der Waals surface area contributed by atoms with Crippen molar-refractivity contribution in [3.8, 4) is 23.0 Å². The molecular formula is C14H19N3O3S. The van der Waals surface area contributed by atoms with Crippen molar-refractivity contribution in [2.24, 2.45) is 0 Å². The third-order valence-electron chi connectivity index (χ3n) is 2.80. The zero-order valence-electron chi connectivity index (χ0n) is 12.5. The van der Waals surface area contributed by atoms with Crippen LogP contribution in [-0.4, -0.2) is 29.6 Å². The number of nitrogen functional groups attached to an aromatic ring is 1. The number of benzene rings is 1. The quantitative estimate of drug-likeness (QED) is 0.821. The molecule has 1 aromatic carbocycles. The van der Waals surface area contributed by atoms with Crippen LogP contribution in [0.15, 0.2) is 16.7 Å². The minimum Gasteiger partial charge on any atom is -0.493 e. The van der Waals surface area contributed by atoms with Gasteiger partial charge in [0.1, 0.15) is 0 Å². The van der Waals surface area contributed by atoms with Gasteiger partial charge < -0.3 is 19.7 Å². The Kier molecular flexibility index (Phi) is 4.95. The van der Waals surface area contributed by atoms with Crippen LogP contribution in [0.3, 0.4) is 0 Å². The van der Waals surface area contributed by atoms with Gasteiger partial charge in [0.25, 0.3) is 5.89 Å². The first-order valence-corrected chi connectivity index (χ1v) is 7.56. The van der Waals surface area contributed by atoms with Gasteiger partial charge in [0, 0.05) is 11.8 Å². The number of methoxy groups -OCH3 is 2. The Labute approximate surface area is 128 Å². The van der Waals surface area contributed by atoms with Gasteiger partial charge in [-0.1, -0.05) is 19.0 Å². The minimum atomic E-state index is 0.382. The average Bonchev–Trinajstić information content (AvgIpc) is 2.93. The fourth-order valence-corrected chi connectivity index (χ4v) is 2.34. The predicted octanol–water partition coefficient (Wildman–Crippen LogP) is 2.98. The minimum absolute atomic E-state index is 0.382. The van der Waals surface area contributed by atoms with Gasteiger partial charge in [-0.25, -0.2) is 0 Å². The first-order chi connectivity index (χ1) is 10.0. The van der Waals surface area contributed by atoms with E-state index in [4.69, 9.17) is 19.7 Å². The van der Waals surface area contributed by atoms with Crippen LogP contribution in [0.25, 0.3) is 11.5 Å². The third kappa shape index (κ3) is 3.60. The molecule has 114 valence electrons. The Bertz CT molecular complexity index is 614. The van der Waals surface area contributed by atoms with Crippen molar-refractivity contribution >= 4 is 17.4 Å². The fourth-order valence-electron chi connectivity index (χ4n) is 1.74. The van der Waals surface area contributed by atoms with Crippen molar-refractivity contribution in [1.29, 1.82) is 0 Å². The normalized spacial score (nSPS) is 10.9. The highest BCUT2D eigenvalue weighted by molar-refractivity contribution is 7.99. The van der Waals surface area contributed by atoms with Gasteiger partial charge in [0.2, 0.25) is 0 Å². The van der Waals surface area contributed by atoms with Crippen LogP contribution in [0.5, 0.6) is 11.5 Å². The van der Waals surface area contributed by atoms with Crippen molar-refractivity contribution in [2.45, 2.75) is 24.9 Å². The summed E-state index contributed by atoms with van der Waals surface area (Å²) in [5.41, 5.74) is 7.15. The van der Waals surface area contributed by atoms with Crippen LogP contribution in [0.2, 0.25) is 0 Å². The molecule has 0 fully saturated rings. The van der Waals surface area contributed by atoms with Crippen LogP contribution in [0.4, 0.5) is 5.69 Å². The maximum absolute atomic E-state index is 6.02. The molecular weight excluding hydrogens is 290 g/mol. The Hall–Kier alpha value is -1.89. The van der Waals surface area contributed by atoms with E-state index in [-0.39, 0.29) is 0 Å². The standard InChI is InChI=1S/C14H19N3O3S/c1-8(2)21-7-13-16-14(20-17-13)9-5-11(18-3)12(19-4)6-10(9)15/h5-6,8H,7,15H2,1-4H3. The largest absolute Gasteiger partial charge is 0.493 e. The van der Waals surface area contributed by atoms with E-state index in [1.807, 2.05) is 0 Å². The second-order valence-corrected chi connectivity index (χ2v) is 6.23. The summed E-state index contributed by atoms with van der Waals surface area (Å²) in [5.74, 6) is 2.87. The molecule has 6 nitrogen and oxygen atoms in total. The van der Waals surface area contributed by atoms with E-state index in [1.165, 1.54) is 0 Å². The molecule has 0 aliphatic rings. The van der Waals surface area contributed by atoms with Crippen molar-refractivity contribution in [3.05, 3.63) is 18.0 Å². The SMILES string of the molecule is COc1cc(N)c(-c2nc(CSC(C)C)no2)cc1OC. The summed E-state index contributed by atoms with van der Waals surface area (Å²) in [6.07, 6.45) is 0. The number of nitrogens with zero attached hydrogens (tertiary/aromatic N) is 2. The Morgan fingerprint density at radius 2 is 1.90 bits per heavy atom. The molecule has 0 atom stereocenters. The number of hydrogen-bond acceptors (Lipinski definition) is 7. The van der Waals surface area contributed by atoms with Crippen LogP contribution in [0, 0.1) is 0 Å². The van der Waals surface area contributed by atoms with Crippen LogP contribution in [-0.2, 0) is 5.75 Å². The number of ether oxygens (including phenoxy) is 2. The van der Waals surface area contributed by atoms with E-state index >= 15 is 0 Å². The summed E-state index contributed by atoms with van der Waals surface area (Å²) >= 11 is 1.75. The summed E-state index contributed by atoms with van der Waals surface area (Å²) in [7, 11) is 3.13. The molecule has 7 heteroatoms. The van der Waals surface area contributed by atoms with Crippen molar-refractivity contribution < 1.29 is 14.0 Å². The molecule has 0 saturated carbocycles. The molecule has 0 radical (unpaired) electrons. The topological polar surface area (TPSA) is 83.4 Å². The van der Waals surface area contributed by atoms with Gasteiger partial charge in [-0.05, 0) is 11.3 Å². The van der Waals surface area contributed by atoms with Gasteiger partial charge in [-0.3, -0.25) is 0 Å². The second kappa shape index (κ2) is 6.71. The lowest BCUT2D eigenvalue weighted by Gasteiger charge is -2.10. The van der Waals surface area contributed by atoms with E-state index in [0.717, 1.165) is 0 Å². The number of hydrogen-bond donors (Lipinski definition) is 1. The summed E-state index contributed by atoms with van der Waals surface area (Å²) < 4.78 is 15.8. The number of anilines is 1. The number of thioether (sulfide) groups is 1. The molecule has 0 unspecified atom stereocenters. The van der Waals surface area contributed by atoms with Gasteiger partial charge in [0.15, 0.2) is 17.3 Å². The number of nitrogens with two attached hydrogens (primary N) is 1. The molecule has 1 aromatic heterocycles. The molecule has 0 spiro atoms. The van der Waals surface area contributed by atoms with E-state index < -0.39 is 0 Å². The molecule has 0 aliphatic heterocycles. The van der Waals surface area contributed by atoms with Gasteiger partial charge >= 0.3 is 0 Å². The van der Waals surface area contributed by atoms with Gasteiger partial charge in [0.05, 0.1) is 25.5 Å². The first-order valence-electron chi connectivity index (χ1n) is 6.51. The summed E-state index contributed by atoms with van der Waals surface area (Å²) in [5, 5.41) is 4.48. The lowest BCUT2D eigenvalue weighted by molar-refractivity contribution is 0.355. The molecule has 0 bridgehead atoms. The fraction of sp³-hybridized carbons (Fsp3) is 0.429. The molecule has 1 heterocycles. The Morgan fingerprint density at radius 1 is 1.24 bits per heavy atom. The highest BCUT2D eigenvalue weighted by Crippen LogP contribution is 2.36. The molecule has 0 aliphatic carbocycles. The Morgan fingerprint density at radius 3 is 2.52 bits per heavy atom. The van der Waals surface area contributed by atoms with E-state index in [0.29, 0.717) is 45.5 Å². The highest BCUT2D eigenvalue weighted by Gasteiger charge is 2.16. The Balaban J connectivity index is 2.29. The van der Waals surface area contributed by atoms with Crippen molar-refractivity contribution in [2.75, 3.05) is 20.0 Å². The molecule has 21 heavy (non-hydrogen) atoms. The predicted molar refractivity (Wildman–Crippen MR) is 83.7 cm³/mol. The van der Waals surface area contributed by atoms with Crippen LogP contribution < -0.4 is 15.2 Å². The number of aromatic nitrogens is 2. The lowest BCUT2D eigenvalue weighted by Crippen LogP contribution is -1.96. The van der Waals surface area contributed by atoms with Crippen molar-refractivity contribution in [3.63, 3.8) is 0 Å². The molecule has 0 amide bonds. The summed E-state index contributed by atoms with van der Waals surface area (Å²) in [6, 6.07) is 3.42. The molecule has 2 rings (SSSR count). The summed E-state index contributed by atoms with van der Waals surface area (Å²) in [6.45, 7) is 4.25. The zero-order valence-corrected chi connectivity index (χ0v) is 13.4. The first kappa shape index (κ1) is 15.5. The van der Waals surface area contributed by atoms with E-state index in [9.17, 15) is 0 Å².